The van der Waals surface area contributed by atoms with Crippen molar-refractivity contribution in [3.63, 3.8) is 0 Å². The van der Waals surface area contributed by atoms with Gasteiger partial charge in [0, 0.05) is 56.5 Å². The van der Waals surface area contributed by atoms with Crippen molar-refractivity contribution in [1.29, 1.82) is 0 Å². The van der Waals surface area contributed by atoms with Crippen LogP contribution < -0.4 is 10.6 Å². The molecular formula is C23H30F2N4O2. The van der Waals surface area contributed by atoms with Crippen LogP contribution in [-0.4, -0.2) is 53.7 Å². The number of halogens is 2. The second kappa shape index (κ2) is 9.60. The maximum Gasteiger partial charge on any atom is 0.412 e. The number of carbonyl (C=O) groups excluding carboxylic acids is 1. The number of aromatic nitrogens is 1. The predicted molar refractivity (Wildman–Crippen MR) is 119 cm³/mol. The molecule has 0 unspecified atom stereocenters. The second-order valence-corrected chi connectivity index (χ2v) is 8.76. The summed E-state index contributed by atoms with van der Waals surface area (Å²) < 4.78 is 31.7. The summed E-state index contributed by atoms with van der Waals surface area (Å²) in [7, 11) is 0. The number of piperidine rings is 1. The van der Waals surface area contributed by atoms with Crippen LogP contribution in [0, 0.1) is 0 Å². The molecule has 168 valence electrons. The molecule has 6 nitrogen and oxygen atoms in total. The molecule has 2 N–H and O–H groups in total. The molecule has 0 atom stereocenters. The van der Waals surface area contributed by atoms with E-state index in [2.05, 4.69) is 15.6 Å². The normalized spacial score (nSPS) is 16.5. The topological polar surface area (TPSA) is 66.5 Å². The van der Waals surface area contributed by atoms with Gasteiger partial charge >= 0.3 is 6.09 Å². The minimum atomic E-state index is -2.51. The number of amides is 1. The number of likely N-dealkylation sites (tertiary alicyclic amines) is 1. The average Bonchev–Trinajstić information content (AvgIpc) is 2.69. The van der Waals surface area contributed by atoms with Gasteiger partial charge in [-0.05, 0) is 50.6 Å². The summed E-state index contributed by atoms with van der Waals surface area (Å²) in [5.41, 5.74) is 2.03. The van der Waals surface area contributed by atoms with Crippen LogP contribution in [0.15, 0.2) is 42.6 Å². The van der Waals surface area contributed by atoms with Gasteiger partial charge in [0.15, 0.2) is 0 Å². The first-order chi connectivity index (χ1) is 14.6. The Morgan fingerprint density at radius 3 is 2.32 bits per heavy atom. The van der Waals surface area contributed by atoms with Gasteiger partial charge in [-0.2, -0.15) is 0 Å². The standard InChI is InChI=1S/C23H30F2N4O2/c1-22(2,3)31-21(30)28-19-7-4-17(5-8-19)18-6-9-20(27-16-18)26-12-15-29-13-10-23(24,25)11-14-29/h4-9,16H,10-15H2,1-3H3,(H,26,27)(H,28,30). The highest BCUT2D eigenvalue weighted by Gasteiger charge is 2.33. The quantitative estimate of drug-likeness (QED) is 0.654. The van der Waals surface area contributed by atoms with Crippen molar-refractivity contribution in [2.24, 2.45) is 0 Å². The minimum Gasteiger partial charge on any atom is -0.444 e. The first kappa shape index (κ1) is 22.9. The van der Waals surface area contributed by atoms with Crippen LogP contribution in [0.4, 0.5) is 25.1 Å². The van der Waals surface area contributed by atoms with Crippen molar-refractivity contribution in [3.05, 3.63) is 42.6 Å². The molecule has 1 amide bonds. The number of ether oxygens (including phenoxy) is 1. The molecule has 31 heavy (non-hydrogen) atoms. The van der Waals surface area contributed by atoms with Gasteiger partial charge in [-0.3, -0.25) is 5.32 Å². The SMILES string of the molecule is CC(C)(C)OC(=O)Nc1ccc(-c2ccc(NCCN3CCC(F)(F)CC3)nc2)cc1. The maximum atomic E-state index is 13.2. The average molecular weight is 433 g/mol. The lowest BCUT2D eigenvalue weighted by Gasteiger charge is -2.31. The van der Waals surface area contributed by atoms with E-state index in [1.54, 1.807) is 6.20 Å². The summed E-state index contributed by atoms with van der Waals surface area (Å²) in [5, 5.41) is 5.95. The van der Waals surface area contributed by atoms with Gasteiger partial charge in [0.1, 0.15) is 11.4 Å². The number of benzene rings is 1. The first-order valence-corrected chi connectivity index (χ1v) is 10.5. The molecule has 1 fully saturated rings. The third kappa shape index (κ3) is 7.47. The van der Waals surface area contributed by atoms with E-state index < -0.39 is 17.6 Å². The molecule has 1 aromatic heterocycles. The largest absolute Gasteiger partial charge is 0.444 e. The molecule has 2 aromatic rings. The summed E-state index contributed by atoms with van der Waals surface area (Å²) >= 11 is 0. The van der Waals surface area contributed by atoms with Crippen molar-refractivity contribution < 1.29 is 18.3 Å². The Balaban J connectivity index is 1.47. The fraction of sp³-hybridized carbons (Fsp3) is 0.478. The molecule has 3 rings (SSSR count). The van der Waals surface area contributed by atoms with Crippen LogP contribution in [-0.2, 0) is 4.74 Å². The number of pyridine rings is 1. The number of rotatable bonds is 6. The van der Waals surface area contributed by atoms with E-state index in [0.717, 1.165) is 16.9 Å². The van der Waals surface area contributed by atoms with Gasteiger partial charge in [-0.25, -0.2) is 18.6 Å². The lowest BCUT2D eigenvalue weighted by molar-refractivity contribution is -0.0543. The Morgan fingerprint density at radius 1 is 1.10 bits per heavy atom. The van der Waals surface area contributed by atoms with Crippen LogP contribution in [0.2, 0.25) is 0 Å². The number of anilines is 2. The van der Waals surface area contributed by atoms with E-state index in [1.807, 2.05) is 62.1 Å². The Morgan fingerprint density at radius 2 is 1.74 bits per heavy atom. The summed E-state index contributed by atoms with van der Waals surface area (Å²) in [6.45, 7) is 7.68. The van der Waals surface area contributed by atoms with Gasteiger partial charge < -0.3 is 15.0 Å². The highest BCUT2D eigenvalue weighted by molar-refractivity contribution is 5.85. The smallest absolute Gasteiger partial charge is 0.412 e. The third-order valence-electron chi connectivity index (χ3n) is 4.95. The molecular weight excluding hydrogens is 402 g/mol. The molecule has 0 bridgehead atoms. The zero-order chi connectivity index (χ0) is 22.5. The zero-order valence-corrected chi connectivity index (χ0v) is 18.3. The fourth-order valence-electron chi connectivity index (χ4n) is 3.28. The molecule has 2 heterocycles. The van der Waals surface area contributed by atoms with Crippen molar-refractivity contribution in [2.45, 2.75) is 45.1 Å². The Hall–Kier alpha value is -2.74. The van der Waals surface area contributed by atoms with Crippen LogP contribution >= 0.6 is 0 Å². The second-order valence-electron chi connectivity index (χ2n) is 8.76. The number of carbonyl (C=O) groups is 1. The highest BCUT2D eigenvalue weighted by Crippen LogP contribution is 2.27. The van der Waals surface area contributed by atoms with Gasteiger partial charge in [-0.15, -0.1) is 0 Å². The molecule has 0 spiro atoms. The lowest BCUT2D eigenvalue weighted by Crippen LogP contribution is -2.41. The van der Waals surface area contributed by atoms with Crippen molar-refractivity contribution in [3.8, 4) is 11.1 Å². The monoisotopic (exact) mass is 432 g/mol. The highest BCUT2D eigenvalue weighted by atomic mass is 19.3. The van der Waals surface area contributed by atoms with Crippen LogP contribution in [0.1, 0.15) is 33.6 Å². The first-order valence-electron chi connectivity index (χ1n) is 10.5. The predicted octanol–water partition coefficient (Wildman–Crippen LogP) is 5.24. The van der Waals surface area contributed by atoms with Gasteiger partial charge in [-0.1, -0.05) is 12.1 Å². The molecule has 1 aliphatic rings. The van der Waals surface area contributed by atoms with E-state index in [-0.39, 0.29) is 12.8 Å². The Labute approximate surface area is 182 Å². The molecule has 8 heteroatoms. The number of nitrogens with one attached hydrogen (secondary N) is 2. The lowest BCUT2D eigenvalue weighted by atomic mass is 10.1. The molecule has 0 radical (unpaired) electrons. The summed E-state index contributed by atoms with van der Waals surface area (Å²) in [4.78, 5) is 18.3. The van der Waals surface area contributed by atoms with Crippen molar-refractivity contribution in [1.82, 2.24) is 9.88 Å². The molecule has 1 aromatic carbocycles. The Kier molecular flexibility index (Phi) is 7.10. The van der Waals surface area contributed by atoms with E-state index in [9.17, 15) is 13.6 Å². The fourth-order valence-corrected chi connectivity index (χ4v) is 3.28. The zero-order valence-electron chi connectivity index (χ0n) is 18.3. The summed E-state index contributed by atoms with van der Waals surface area (Å²) in [6.07, 6.45) is 1.16. The summed E-state index contributed by atoms with van der Waals surface area (Å²) in [5.74, 6) is -1.76. The summed E-state index contributed by atoms with van der Waals surface area (Å²) in [6, 6.07) is 11.3. The number of hydrogen-bond donors (Lipinski definition) is 2. The van der Waals surface area contributed by atoms with Gasteiger partial charge in [0.05, 0.1) is 0 Å². The number of hydrogen-bond acceptors (Lipinski definition) is 5. The van der Waals surface area contributed by atoms with E-state index in [0.29, 0.717) is 31.9 Å². The molecule has 0 saturated carbocycles. The third-order valence-corrected chi connectivity index (χ3v) is 4.95. The number of nitrogens with zero attached hydrogens (tertiary/aromatic N) is 2. The van der Waals surface area contributed by atoms with Crippen LogP contribution in [0.25, 0.3) is 11.1 Å². The minimum absolute atomic E-state index is 0.0635. The van der Waals surface area contributed by atoms with Gasteiger partial charge in [0.2, 0.25) is 0 Å². The molecule has 1 aliphatic heterocycles. The van der Waals surface area contributed by atoms with E-state index >= 15 is 0 Å². The van der Waals surface area contributed by atoms with E-state index in [4.69, 9.17) is 4.74 Å². The van der Waals surface area contributed by atoms with E-state index in [1.165, 1.54) is 0 Å². The van der Waals surface area contributed by atoms with Gasteiger partial charge in [0.25, 0.3) is 5.92 Å². The van der Waals surface area contributed by atoms with Crippen molar-refractivity contribution in [2.75, 3.05) is 36.8 Å². The Bertz CT molecular complexity index is 855. The van der Waals surface area contributed by atoms with Crippen molar-refractivity contribution >= 4 is 17.6 Å². The number of alkyl halides is 2. The maximum absolute atomic E-state index is 13.2. The van der Waals surface area contributed by atoms with Crippen LogP contribution in [0.5, 0.6) is 0 Å². The molecule has 0 aliphatic carbocycles. The van der Waals surface area contributed by atoms with Crippen LogP contribution in [0.3, 0.4) is 0 Å². The molecule has 1 saturated heterocycles.